The number of benzene rings is 1. The average Bonchev–Trinajstić information content (AvgIpc) is 2.86. The summed E-state index contributed by atoms with van der Waals surface area (Å²) in [5, 5.41) is 4.02. The van der Waals surface area contributed by atoms with Gasteiger partial charge in [0, 0.05) is 29.6 Å². The lowest BCUT2D eigenvalue weighted by molar-refractivity contribution is 0.0525. The maximum absolute atomic E-state index is 11.7. The third-order valence-corrected chi connectivity index (χ3v) is 3.10. The number of amides is 1. The number of rotatable bonds is 3. The molecule has 0 spiro atoms. The van der Waals surface area contributed by atoms with E-state index in [1.807, 2.05) is 71.2 Å². The average molecular weight is 333 g/mol. The van der Waals surface area contributed by atoms with E-state index in [2.05, 4.69) is 23.3 Å². The number of H-pyrrole nitrogens is 1. The number of para-hydroxylation sites is 1. The van der Waals surface area contributed by atoms with Crippen LogP contribution in [0.5, 0.6) is 0 Å². The van der Waals surface area contributed by atoms with Gasteiger partial charge in [0.1, 0.15) is 5.60 Å². The largest absolute Gasteiger partial charge is 0.444 e. The fraction of sp³-hybridized carbons (Fsp3) is 0.526. The van der Waals surface area contributed by atoms with Crippen LogP contribution in [0.4, 0.5) is 4.79 Å². The molecule has 1 amide bonds. The summed E-state index contributed by atoms with van der Waals surface area (Å²) in [6.45, 7) is 8.21. The summed E-state index contributed by atoms with van der Waals surface area (Å²) in [5.74, 6) is 0.221. The molecule has 2 rings (SSSR count). The molecule has 24 heavy (non-hydrogen) atoms. The van der Waals surface area contributed by atoms with Crippen molar-refractivity contribution >= 4 is 17.0 Å². The lowest BCUT2D eigenvalue weighted by Crippen LogP contribution is -2.34. The predicted octanol–water partition coefficient (Wildman–Crippen LogP) is 3.97. The van der Waals surface area contributed by atoms with E-state index in [4.69, 9.17) is 4.74 Å². The molecule has 1 aromatic heterocycles. The van der Waals surface area contributed by atoms with Crippen molar-refractivity contribution in [1.82, 2.24) is 15.2 Å². The number of fused-ring (bicyclic) bond motifs is 1. The first-order valence-electron chi connectivity index (χ1n) is 8.24. The normalized spacial score (nSPS) is 12.5. The van der Waals surface area contributed by atoms with E-state index in [-0.39, 0.29) is 12.0 Å². The van der Waals surface area contributed by atoms with Gasteiger partial charge in [-0.15, -0.1) is 0 Å². The van der Waals surface area contributed by atoms with Crippen molar-refractivity contribution < 1.29 is 9.53 Å². The van der Waals surface area contributed by atoms with Gasteiger partial charge in [-0.3, -0.25) is 0 Å². The molecule has 0 bridgehead atoms. The van der Waals surface area contributed by atoms with E-state index < -0.39 is 5.60 Å². The van der Waals surface area contributed by atoms with Crippen molar-refractivity contribution in [2.45, 2.75) is 39.2 Å². The number of alkyl carbamates (subject to hydrolysis) is 1. The van der Waals surface area contributed by atoms with Crippen LogP contribution in [0.2, 0.25) is 0 Å². The first-order valence-corrected chi connectivity index (χ1v) is 8.24. The van der Waals surface area contributed by atoms with Gasteiger partial charge in [-0.05, 0) is 53.5 Å². The zero-order chi connectivity index (χ0) is 18.3. The first-order chi connectivity index (χ1) is 11.1. The molecule has 0 aliphatic carbocycles. The highest BCUT2D eigenvalue weighted by atomic mass is 16.6. The summed E-state index contributed by atoms with van der Waals surface area (Å²) in [6, 6.07) is 8.16. The number of nitrogens with zero attached hydrogens (tertiary/aromatic N) is 1. The summed E-state index contributed by atoms with van der Waals surface area (Å²) in [7, 11) is 6.00. The Labute approximate surface area is 145 Å². The molecule has 1 aromatic carbocycles. The SMILES string of the molecule is CC(CNC(=O)OC(C)(C)C)c1c[nH]c2ccccc12.CN(C)C. The molecular weight excluding hydrogens is 302 g/mol. The first kappa shape index (κ1) is 20.0. The highest BCUT2D eigenvalue weighted by Gasteiger charge is 2.17. The number of hydrogen-bond donors (Lipinski definition) is 2. The van der Waals surface area contributed by atoms with E-state index in [1.165, 1.54) is 10.9 Å². The van der Waals surface area contributed by atoms with Gasteiger partial charge in [-0.1, -0.05) is 25.1 Å². The Morgan fingerprint density at radius 2 is 1.83 bits per heavy atom. The fourth-order valence-electron chi connectivity index (χ4n) is 2.16. The fourth-order valence-corrected chi connectivity index (χ4v) is 2.16. The number of hydrogen-bond acceptors (Lipinski definition) is 3. The summed E-state index contributed by atoms with van der Waals surface area (Å²) in [5.41, 5.74) is 1.86. The van der Waals surface area contributed by atoms with Gasteiger partial charge in [-0.25, -0.2) is 4.79 Å². The Kier molecular flexibility index (Phi) is 7.29. The summed E-state index contributed by atoms with van der Waals surface area (Å²) >= 11 is 0. The molecule has 0 fully saturated rings. The Hall–Kier alpha value is -2.01. The van der Waals surface area contributed by atoms with Gasteiger partial charge in [0.05, 0.1) is 0 Å². The van der Waals surface area contributed by atoms with Gasteiger partial charge in [0.2, 0.25) is 0 Å². The smallest absolute Gasteiger partial charge is 0.407 e. The topological polar surface area (TPSA) is 57.4 Å². The van der Waals surface area contributed by atoms with Crippen LogP contribution in [0.25, 0.3) is 10.9 Å². The van der Waals surface area contributed by atoms with E-state index in [1.54, 1.807) is 0 Å². The summed E-state index contributed by atoms with van der Waals surface area (Å²) in [4.78, 5) is 16.9. The van der Waals surface area contributed by atoms with Gasteiger partial charge in [-0.2, -0.15) is 0 Å². The van der Waals surface area contributed by atoms with Gasteiger partial charge in [0.15, 0.2) is 0 Å². The zero-order valence-electron chi connectivity index (χ0n) is 15.9. The van der Waals surface area contributed by atoms with E-state index in [0.717, 1.165) is 5.52 Å². The van der Waals surface area contributed by atoms with E-state index >= 15 is 0 Å². The summed E-state index contributed by atoms with van der Waals surface area (Å²) in [6.07, 6.45) is 1.63. The Morgan fingerprint density at radius 3 is 2.42 bits per heavy atom. The highest BCUT2D eigenvalue weighted by Crippen LogP contribution is 2.24. The quantitative estimate of drug-likeness (QED) is 0.893. The number of carbonyl (C=O) groups excluding carboxylic acids is 1. The molecule has 1 unspecified atom stereocenters. The highest BCUT2D eigenvalue weighted by molar-refractivity contribution is 5.83. The summed E-state index contributed by atoms with van der Waals surface area (Å²) < 4.78 is 5.24. The van der Waals surface area contributed by atoms with Gasteiger partial charge < -0.3 is 19.9 Å². The second-order valence-electron chi connectivity index (χ2n) is 7.42. The zero-order valence-corrected chi connectivity index (χ0v) is 15.9. The number of ether oxygens (including phenoxy) is 1. The standard InChI is InChI=1S/C16H22N2O2.C3H9N/c1-11(9-18-15(19)20-16(2,3)4)13-10-17-14-8-6-5-7-12(13)14;1-4(2)3/h5-8,10-11,17H,9H2,1-4H3,(H,18,19);1-3H3. The Balaban J connectivity index is 0.000000648. The van der Waals surface area contributed by atoms with Crippen LogP contribution in [0, 0.1) is 0 Å². The molecule has 134 valence electrons. The molecule has 0 saturated heterocycles. The minimum absolute atomic E-state index is 0.221. The monoisotopic (exact) mass is 333 g/mol. The number of aromatic nitrogens is 1. The molecule has 2 N–H and O–H groups in total. The molecular formula is C19H31N3O2. The lowest BCUT2D eigenvalue weighted by atomic mass is 10.0. The van der Waals surface area contributed by atoms with Crippen LogP contribution in [0.15, 0.2) is 30.5 Å². The van der Waals surface area contributed by atoms with E-state index in [9.17, 15) is 4.79 Å². The number of aromatic amines is 1. The van der Waals surface area contributed by atoms with Crippen LogP contribution in [-0.2, 0) is 4.74 Å². The molecule has 0 aliphatic heterocycles. The maximum atomic E-state index is 11.7. The molecule has 1 heterocycles. The number of nitrogens with one attached hydrogen (secondary N) is 2. The van der Waals surface area contributed by atoms with Gasteiger partial charge in [0.25, 0.3) is 0 Å². The third kappa shape index (κ3) is 7.04. The van der Waals surface area contributed by atoms with Crippen molar-refractivity contribution in [3.05, 3.63) is 36.0 Å². The Morgan fingerprint density at radius 1 is 1.25 bits per heavy atom. The molecule has 1 atom stereocenters. The second kappa shape index (κ2) is 8.73. The molecule has 2 aromatic rings. The van der Waals surface area contributed by atoms with Crippen molar-refractivity contribution in [3.8, 4) is 0 Å². The van der Waals surface area contributed by atoms with Crippen LogP contribution in [-0.4, -0.2) is 49.3 Å². The van der Waals surface area contributed by atoms with Crippen molar-refractivity contribution in [3.63, 3.8) is 0 Å². The van der Waals surface area contributed by atoms with Crippen LogP contribution < -0.4 is 5.32 Å². The predicted molar refractivity (Wildman–Crippen MR) is 101 cm³/mol. The third-order valence-electron chi connectivity index (χ3n) is 3.10. The van der Waals surface area contributed by atoms with Crippen molar-refractivity contribution in [1.29, 1.82) is 0 Å². The minimum Gasteiger partial charge on any atom is -0.444 e. The lowest BCUT2D eigenvalue weighted by Gasteiger charge is -2.20. The molecule has 0 radical (unpaired) electrons. The molecule has 0 aliphatic rings. The molecule has 5 heteroatoms. The van der Waals surface area contributed by atoms with E-state index in [0.29, 0.717) is 6.54 Å². The van der Waals surface area contributed by atoms with Crippen molar-refractivity contribution in [2.24, 2.45) is 0 Å². The van der Waals surface area contributed by atoms with Crippen LogP contribution in [0.1, 0.15) is 39.2 Å². The molecule has 0 saturated carbocycles. The minimum atomic E-state index is -0.464. The Bertz CT molecular complexity index is 639. The maximum Gasteiger partial charge on any atom is 0.407 e. The second-order valence-corrected chi connectivity index (χ2v) is 7.42. The van der Waals surface area contributed by atoms with Gasteiger partial charge >= 0.3 is 6.09 Å². The van der Waals surface area contributed by atoms with Crippen LogP contribution in [0.3, 0.4) is 0 Å². The molecule has 5 nitrogen and oxygen atoms in total. The van der Waals surface area contributed by atoms with Crippen molar-refractivity contribution in [2.75, 3.05) is 27.7 Å². The van der Waals surface area contributed by atoms with Crippen LogP contribution >= 0.6 is 0 Å². The number of carbonyl (C=O) groups is 1.